The number of amides is 3. The van der Waals surface area contributed by atoms with E-state index in [1.165, 1.54) is 16.6 Å². The molecule has 3 amide bonds. The van der Waals surface area contributed by atoms with E-state index in [-0.39, 0.29) is 11.3 Å². The van der Waals surface area contributed by atoms with Crippen molar-refractivity contribution in [2.45, 2.75) is 58.0 Å². The molecule has 0 radical (unpaired) electrons. The first-order valence-electron chi connectivity index (χ1n) is 11.2. The fraction of sp³-hybridized carbons (Fsp3) is 0.417. The topological polar surface area (TPSA) is 93.1 Å². The first-order chi connectivity index (χ1) is 15.9. The second-order valence-corrected chi connectivity index (χ2v) is 10.3. The van der Waals surface area contributed by atoms with E-state index in [0.717, 1.165) is 59.3 Å². The van der Waals surface area contributed by atoms with Gasteiger partial charge in [0.05, 0.1) is 16.8 Å². The Morgan fingerprint density at radius 1 is 1.18 bits per heavy atom. The van der Waals surface area contributed by atoms with Crippen LogP contribution >= 0.6 is 23.1 Å². The number of hydrogen-bond acceptors (Lipinski definition) is 6. The number of nitrogens with one attached hydrogen (secondary N) is 2. The van der Waals surface area contributed by atoms with E-state index in [9.17, 15) is 14.4 Å². The summed E-state index contributed by atoms with van der Waals surface area (Å²) in [5.41, 5.74) is 4.00. The summed E-state index contributed by atoms with van der Waals surface area (Å²) in [6, 6.07) is 5.37. The van der Waals surface area contributed by atoms with Gasteiger partial charge in [0.25, 0.3) is 5.56 Å². The van der Waals surface area contributed by atoms with Crippen molar-refractivity contribution in [2.24, 2.45) is 0 Å². The molecular formula is C24H28N4O3S2. The van der Waals surface area contributed by atoms with E-state index in [0.29, 0.717) is 17.1 Å². The van der Waals surface area contributed by atoms with Crippen molar-refractivity contribution in [3.05, 3.63) is 50.1 Å². The molecule has 0 fully saturated rings. The predicted octanol–water partition coefficient (Wildman–Crippen LogP) is 4.27. The molecule has 9 heteroatoms. The standard InChI is InChI=1S/C24H28N4O3S2/c1-4-11-25-23(31)26-19(29)13-32-24-27-21-20(17-7-5-6-8-18(17)33-21)22(30)28(24)16-10-9-14(2)15(3)12-16/h9-10,12H,4-8,11,13H2,1-3H3,(H2,25,26,29,31). The van der Waals surface area contributed by atoms with Crippen molar-refractivity contribution in [3.8, 4) is 5.69 Å². The van der Waals surface area contributed by atoms with E-state index < -0.39 is 11.9 Å². The molecule has 2 N–H and O–H groups in total. The van der Waals surface area contributed by atoms with Crippen LogP contribution in [0.4, 0.5) is 4.79 Å². The summed E-state index contributed by atoms with van der Waals surface area (Å²) in [5.74, 6) is -0.451. The lowest BCUT2D eigenvalue weighted by molar-refractivity contribution is -0.117. The Kier molecular flexibility index (Phi) is 7.19. The van der Waals surface area contributed by atoms with Crippen molar-refractivity contribution < 1.29 is 9.59 Å². The molecule has 33 heavy (non-hydrogen) atoms. The van der Waals surface area contributed by atoms with Crippen LogP contribution in [0.5, 0.6) is 0 Å². The average molecular weight is 485 g/mol. The van der Waals surface area contributed by atoms with Crippen molar-refractivity contribution in [2.75, 3.05) is 12.3 Å². The van der Waals surface area contributed by atoms with Gasteiger partial charge < -0.3 is 5.32 Å². The van der Waals surface area contributed by atoms with Crippen LogP contribution < -0.4 is 16.2 Å². The van der Waals surface area contributed by atoms with Crippen molar-refractivity contribution >= 4 is 45.3 Å². The Balaban J connectivity index is 1.72. The van der Waals surface area contributed by atoms with Gasteiger partial charge in [-0.3, -0.25) is 19.5 Å². The largest absolute Gasteiger partial charge is 0.338 e. The molecule has 0 aliphatic heterocycles. The van der Waals surface area contributed by atoms with E-state index in [4.69, 9.17) is 4.98 Å². The lowest BCUT2D eigenvalue weighted by atomic mass is 9.97. The molecule has 0 bridgehead atoms. The maximum atomic E-state index is 13.8. The molecule has 7 nitrogen and oxygen atoms in total. The van der Waals surface area contributed by atoms with Crippen LogP contribution in [-0.4, -0.2) is 33.8 Å². The quantitative estimate of drug-likeness (QED) is 0.403. The molecule has 2 aromatic heterocycles. The van der Waals surface area contributed by atoms with E-state index >= 15 is 0 Å². The molecule has 0 saturated carbocycles. The molecule has 3 aromatic rings. The Morgan fingerprint density at radius 2 is 1.97 bits per heavy atom. The number of fused-ring (bicyclic) bond motifs is 3. The lowest BCUT2D eigenvalue weighted by Gasteiger charge is -2.14. The maximum absolute atomic E-state index is 13.8. The molecule has 0 atom stereocenters. The Bertz CT molecular complexity index is 1280. The van der Waals surface area contributed by atoms with Crippen molar-refractivity contribution in [1.82, 2.24) is 20.2 Å². The monoisotopic (exact) mass is 484 g/mol. The molecule has 4 rings (SSSR count). The Morgan fingerprint density at radius 3 is 2.73 bits per heavy atom. The molecule has 1 aliphatic carbocycles. The Labute approximate surface area is 201 Å². The van der Waals surface area contributed by atoms with Crippen LogP contribution in [-0.2, 0) is 17.6 Å². The van der Waals surface area contributed by atoms with Gasteiger partial charge in [-0.2, -0.15) is 0 Å². The second kappa shape index (κ2) is 10.1. The fourth-order valence-corrected chi connectivity index (χ4v) is 6.07. The number of thioether (sulfide) groups is 1. The summed E-state index contributed by atoms with van der Waals surface area (Å²) in [4.78, 5) is 44.7. The molecular weight excluding hydrogens is 456 g/mol. The smallest absolute Gasteiger partial charge is 0.321 e. The van der Waals surface area contributed by atoms with E-state index in [1.54, 1.807) is 15.9 Å². The molecule has 0 saturated heterocycles. The number of imide groups is 1. The number of carbonyl (C=O) groups is 2. The first-order valence-corrected chi connectivity index (χ1v) is 13.0. The van der Waals surface area contributed by atoms with Gasteiger partial charge in [-0.15, -0.1) is 11.3 Å². The highest BCUT2D eigenvalue weighted by Gasteiger charge is 2.23. The molecule has 0 unspecified atom stereocenters. The number of aromatic nitrogens is 2. The van der Waals surface area contributed by atoms with Gasteiger partial charge in [-0.1, -0.05) is 24.8 Å². The van der Waals surface area contributed by atoms with Crippen LogP contribution in [0.25, 0.3) is 15.9 Å². The third-order valence-corrected chi connectivity index (χ3v) is 7.95. The zero-order chi connectivity index (χ0) is 23.5. The number of nitrogens with zero attached hydrogens (tertiary/aromatic N) is 2. The number of urea groups is 1. The normalized spacial score (nSPS) is 13.1. The van der Waals surface area contributed by atoms with E-state index in [2.05, 4.69) is 10.6 Å². The minimum absolute atomic E-state index is 0.0204. The lowest BCUT2D eigenvalue weighted by Crippen LogP contribution is -2.40. The van der Waals surface area contributed by atoms with Gasteiger partial charge in [0, 0.05) is 11.4 Å². The SMILES string of the molecule is CCCNC(=O)NC(=O)CSc1nc2sc3c(c2c(=O)n1-c1ccc(C)c(C)c1)CCCC3. The summed E-state index contributed by atoms with van der Waals surface area (Å²) >= 11 is 2.76. The number of thiophene rings is 1. The third-order valence-electron chi connectivity index (χ3n) is 5.83. The summed E-state index contributed by atoms with van der Waals surface area (Å²) < 4.78 is 1.62. The fourth-order valence-electron chi connectivity index (χ4n) is 3.95. The summed E-state index contributed by atoms with van der Waals surface area (Å²) in [6.07, 6.45) is 4.89. The zero-order valence-electron chi connectivity index (χ0n) is 19.1. The van der Waals surface area contributed by atoms with Gasteiger partial charge in [-0.05, 0) is 74.8 Å². The summed E-state index contributed by atoms with van der Waals surface area (Å²) in [7, 11) is 0. The second-order valence-electron chi connectivity index (χ2n) is 8.29. The minimum Gasteiger partial charge on any atom is -0.338 e. The van der Waals surface area contributed by atoms with Gasteiger partial charge in [-0.25, -0.2) is 9.78 Å². The zero-order valence-corrected chi connectivity index (χ0v) is 20.8. The highest BCUT2D eigenvalue weighted by atomic mass is 32.2. The van der Waals surface area contributed by atoms with Crippen LogP contribution in [0.15, 0.2) is 28.2 Å². The Hall–Kier alpha value is -2.65. The van der Waals surface area contributed by atoms with Crippen LogP contribution in [0.2, 0.25) is 0 Å². The van der Waals surface area contributed by atoms with Crippen molar-refractivity contribution in [3.63, 3.8) is 0 Å². The number of hydrogen-bond donors (Lipinski definition) is 2. The molecule has 2 heterocycles. The van der Waals surface area contributed by atoms with E-state index in [1.807, 2.05) is 39.0 Å². The minimum atomic E-state index is -0.511. The molecule has 1 aromatic carbocycles. The highest BCUT2D eigenvalue weighted by molar-refractivity contribution is 7.99. The van der Waals surface area contributed by atoms with Gasteiger partial charge >= 0.3 is 6.03 Å². The predicted molar refractivity (Wildman–Crippen MR) is 134 cm³/mol. The number of rotatable bonds is 6. The average Bonchev–Trinajstić information content (AvgIpc) is 3.17. The van der Waals surface area contributed by atoms with Gasteiger partial charge in [0.1, 0.15) is 4.83 Å². The first kappa shape index (κ1) is 23.5. The van der Waals surface area contributed by atoms with Crippen LogP contribution in [0.1, 0.15) is 47.8 Å². The van der Waals surface area contributed by atoms with Gasteiger partial charge in [0.2, 0.25) is 5.91 Å². The highest BCUT2D eigenvalue weighted by Crippen LogP contribution is 2.35. The molecule has 1 aliphatic rings. The maximum Gasteiger partial charge on any atom is 0.321 e. The number of aryl methyl sites for hydroxylation is 4. The molecule has 0 spiro atoms. The van der Waals surface area contributed by atoms with Crippen LogP contribution in [0, 0.1) is 13.8 Å². The van der Waals surface area contributed by atoms with Crippen LogP contribution in [0.3, 0.4) is 0 Å². The number of benzene rings is 1. The summed E-state index contributed by atoms with van der Waals surface area (Å²) in [5, 5.41) is 6.12. The van der Waals surface area contributed by atoms with Crippen molar-refractivity contribution in [1.29, 1.82) is 0 Å². The van der Waals surface area contributed by atoms with Gasteiger partial charge in [0.15, 0.2) is 5.16 Å². The molecule has 174 valence electrons. The summed E-state index contributed by atoms with van der Waals surface area (Å²) in [6.45, 7) is 6.48. The number of carbonyl (C=O) groups excluding carboxylic acids is 2. The third kappa shape index (κ3) is 4.99.